The molecule has 23 heavy (non-hydrogen) atoms. The van der Waals surface area contributed by atoms with Gasteiger partial charge in [-0.2, -0.15) is 22.0 Å². The molecule has 0 fully saturated rings. The topological polar surface area (TPSA) is 44.2 Å². The summed E-state index contributed by atoms with van der Waals surface area (Å²) in [4.78, 5) is 0. The molecule has 10 heteroatoms. The lowest BCUT2D eigenvalue weighted by molar-refractivity contribution is -0.296. The van der Waals surface area contributed by atoms with Crippen molar-refractivity contribution in [3.8, 4) is 16.3 Å². The predicted octanol–water partition coefficient (Wildman–Crippen LogP) is 3.80. The molecular weight excluding hydrogens is 343 g/mol. The Morgan fingerprint density at radius 3 is 2.26 bits per heavy atom. The van der Waals surface area contributed by atoms with Gasteiger partial charge in [-0.15, -0.1) is 10.2 Å². The van der Waals surface area contributed by atoms with Gasteiger partial charge < -0.3 is 9.47 Å². The van der Waals surface area contributed by atoms with Crippen LogP contribution in [0, 0.1) is 0 Å². The van der Waals surface area contributed by atoms with Crippen molar-refractivity contribution >= 4 is 11.3 Å². The van der Waals surface area contributed by atoms with Crippen molar-refractivity contribution in [2.75, 3.05) is 19.8 Å². The fourth-order valence-electron chi connectivity index (χ4n) is 1.49. The molecule has 0 unspecified atom stereocenters. The highest BCUT2D eigenvalue weighted by molar-refractivity contribution is 7.12. The van der Waals surface area contributed by atoms with Gasteiger partial charge in [-0.25, -0.2) is 0 Å². The molecule has 0 saturated heterocycles. The summed E-state index contributed by atoms with van der Waals surface area (Å²) in [5.41, 5.74) is 2.43. The van der Waals surface area contributed by atoms with Gasteiger partial charge in [0.2, 0.25) is 0 Å². The van der Waals surface area contributed by atoms with Crippen LogP contribution in [0.5, 0.6) is 5.75 Å². The third-order valence-corrected chi connectivity index (χ3v) is 3.40. The quantitative estimate of drug-likeness (QED) is 0.560. The molecular formula is C13H11F5N2O2S. The molecule has 1 aromatic heterocycles. The van der Waals surface area contributed by atoms with Gasteiger partial charge >= 0.3 is 12.1 Å². The monoisotopic (exact) mass is 354 g/mol. The normalized spacial score (nSPS) is 12.4. The number of ether oxygens (including phenoxy) is 2. The first-order chi connectivity index (χ1) is 10.8. The Balaban J connectivity index is 1.73. The summed E-state index contributed by atoms with van der Waals surface area (Å²) in [6, 6.07) is 6.71. The van der Waals surface area contributed by atoms with Crippen molar-refractivity contribution in [2.45, 2.75) is 12.1 Å². The molecule has 2 rings (SSSR count). The molecule has 0 aliphatic carbocycles. The molecule has 0 radical (unpaired) electrons. The SMILES string of the molecule is FC(F)(F)C(F)(F)COCCOc1ccc(-c2nncs2)cc1. The lowest BCUT2D eigenvalue weighted by atomic mass is 10.2. The summed E-state index contributed by atoms with van der Waals surface area (Å²) >= 11 is 1.36. The molecule has 2 aromatic rings. The number of hydrogen-bond donors (Lipinski definition) is 0. The van der Waals surface area contributed by atoms with Crippen LogP contribution >= 0.6 is 11.3 Å². The molecule has 0 saturated carbocycles. The van der Waals surface area contributed by atoms with E-state index >= 15 is 0 Å². The average Bonchev–Trinajstić information content (AvgIpc) is 3.00. The molecule has 126 valence electrons. The predicted molar refractivity (Wildman–Crippen MR) is 72.7 cm³/mol. The molecule has 1 aromatic carbocycles. The molecule has 0 atom stereocenters. The van der Waals surface area contributed by atoms with Crippen LogP contribution in [-0.2, 0) is 4.74 Å². The van der Waals surface area contributed by atoms with Crippen LogP contribution in [0.3, 0.4) is 0 Å². The molecule has 0 bridgehead atoms. The fraction of sp³-hybridized carbons (Fsp3) is 0.385. The van der Waals surface area contributed by atoms with E-state index in [0.29, 0.717) is 5.75 Å². The zero-order chi connectivity index (χ0) is 16.9. The maximum Gasteiger partial charge on any atom is 0.455 e. The summed E-state index contributed by atoms with van der Waals surface area (Å²) < 4.78 is 70.3. The van der Waals surface area contributed by atoms with E-state index in [0.717, 1.165) is 10.6 Å². The summed E-state index contributed by atoms with van der Waals surface area (Å²) in [5, 5.41) is 8.33. The second kappa shape index (κ2) is 7.18. The molecule has 0 amide bonds. The summed E-state index contributed by atoms with van der Waals surface area (Å²) in [6.45, 7) is -2.26. The number of aromatic nitrogens is 2. The van der Waals surface area contributed by atoms with E-state index in [1.807, 2.05) is 0 Å². The van der Waals surface area contributed by atoms with Crippen molar-refractivity contribution in [2.24, 2.45) is 0 Å². The standard InChI is InChI=1S/C13H11F5N2O2S/c14-12(15,13(16,17)18)7-21-5-6-22-10-3-1-9(2-4-10)11-20-19-8-23-11/h1-4,8H,5-7H2. The van der Waals surface area contributed by atoms with Gasteiger partial charge in [-0.3, -0.25) is 0 Å². The van der Waals surface area contributed by atoms with Gasteiger partial charge in [0.05, 0.1) is 6.61 Å². The maximum atomic E-state index is 12.6. The Labute approximate surface area is 131 Å². The van der Waals surface area contributed by atoms with Crippen LogP contribution in [0.25, 0.3) is 10.6 Å². The van der Waals surface area contributed by atoms with Gasteiger partial charge in [0.1, 0.15) is 29.5 Å². The zero-order valence-electron chi connectivity index (χ0n) is 11.5. The minimum atomic E-state index is -5.62. The van der Waals surface area contributed by atoms with E-state index < -0.39 is 18.7 Å². The van der Waals surface area contributed by atoms with E-state index in [2.05, 4.69) is 14.9 Å². The Hall–Kier alpha value is -1.81. The molecule has 1 heterocycles. The summed E-state index contributed by atoms with van der Waals surface area (Å²) in [6.07, 6.45) is -5.62. The third-order valence-electron chi connectivity index (χ3n) is 2.66. The van der Waals surface area contributed by atoms with Gasteiger partial charge in [0.25, 0.3) is 0 Å². The molecule has 0 aliphatic heterocycles. The first kappa shape index (κ1) is 17.5. The van der Waals surface area contributed by atoms with Gasteiger partial charge in [0.15, 0.2) is 0 Å². The summed E-state index contributed by atoms with van der Waals surface area (Å²) in [7, 11) is 0. The van der Waals surface area contributed by atoms with E-state index in [1.165, 1.54) is 11.3 Å². The minimum absolute atomic E-state index is 0.147. The Morgan fingerprint density at radius 1 is 1.00 bits per heavy atom. The van der Waals surface area contributed by atoms with E-state index in [4.69, 9.17) is 4.74 Å². The highest BCUT2D eigenvalue weighted by atomic mass is 32.1. The van der Waals surface area contributed by atoms with Crippen LogP contribution in [0.15, 0.2) is 29.8 Å². The van der Waals surface area contributed by atoms with Crippen molar-refractivity contribution in [1.29, 1.82) is 0 Å². The Morgan fingerprint density at radius 2 is 1.70 bits per heavy atom. The number of alkyl halides is 5. The van der Waals surface area contributed by atoms with Crippen molar-refractivity contribution in [1.82, 2.24) is 10.2 Å². The Kier molecular flexibility index (Phi) is 5.47. The lowest BCUT2D eigenvalue weighted by Crippen LogP contribution is -2.41. The Bertz CT molecular complexity index is 602. The number of hydrogen-bond acceptors (Lipinski definition) is 5. The summed E-state index contributed by atoms with van der Waals surface area (Å²) in [5.74, 6) is -4.43. The van der Waals surface area contributed by atoms with Gasteiger partial charge in [-0.1, -0.05) is 11.3 Å². The number of halogens is 5. The van der Waals surface area contributed by atoms with Crippen molar-refractivity contribution < 1.29 is 31.4 Å². The van der Waals surface area contributed by atoms with Gasteiger partial charge in [0, 0.05) is 5.56 Å². The van der Waals surface area contributed by atoms with Crippen LogP contribution in [-0.4, -0.2) is 42.1 Å². The first-order valence-electron chi connectivity index (χ1n) is 6.31. The number of rotatable bonds is 7. The van der Waals surface area contributed by atoms with E-state index in [9.17, 15) is 22.0 Å². The lowest BCUT2D eigenvalue weighted by Gasteiger charge is -2.19. The smallest absolute Gasteiger partial charge is 0.455 e. The maximum absolute atomic E-state index is 12.6. The average molecular weight is 354 g/mol. The highest BCUT2D eigenvalue weighted by Crippen LogP contribution is 2.35. The zero-order valence-corrected chi connectivity index (χ0v) is 12.3. The fourth-order valence-corrected chi connectivity index (χ4v) is 2.05. The third kappa shape index (κ3) is 4.83. The number of benzene rings is 1. The highest BCUT2D eigenvalue weighted by Gasteiger charge is 2.57. The van der Waals surface area contributed by atoms with Crippen LogP contribution < -0.4 is 4.74 Å². The molecule has 4 nitrogen and oxygen atoms in total. The van der Waals surface area contributed by atoms with Crippen LogP contribution in [0.4, 0.5) is 22.0 Å². The van der Waals surface area contributed by atoms with E-state index in [1.54, 1.807) is 29.8 Å². The minimum Gasteiger partial charge on any atom is -0.491 e. The van der Waals surface area contributed by atoms with E-state index in [-0.39, 0.29) is 13.2 Å². The second-order valence-electron chi connectivity index (χ2n) is 4.37. The molecule has 0 N–H and O–H groups in total. The van der Waals surface area contributed by atoms with Crippen molar-refractivity contribution in [3.63, 3.8) is 0 Å². The van der Waals surface area contributed by atoms with Crippen molar-refractivity contribution in [3.05, 3.63) is 29.8 Å². The number of nitrogens with zero attached hydrogens (tertiary/aromatic N) is 2. The second-order valence-corrected chi connectivity index (χ2v) is 5.20. The van der Waals surface area contributed by atoms with Crippen LogP contribution in [0.1, 0.15) is 0 Å². The largest absolute Gasteiger partial charge is 0.491 e. The first-order valence-corrected chi connectivity index (χ1v) is 7.19. The molecule has 0 spiro atoms. The van der Waals surface area contributed by atoms with Gasteiger partial charge in [-0.05, 0) is 24.3 Å². The molecule has 0 aliphatic rings. The van der Waals surface area contributed by atoms with Crippen LogP contribution in [0.2, 0.25) is 0 Å².